The molecule has 2 heterocycles. The SMILES string of the molecule is CN1c2ccc(S(=O)(=O)c3ccccc3C(F)(F)F)cc2[C@H]2CCNCCC21. The van der Waals surface area contributed by atoms with Crippen molar-refractivity contribution in [2.24, 2.45) is 0 Å². The first-order chi connectivity index (χ1) is 13.2. The van der Waals surface area contributed by atoms with Gasteiger partial charge in [-0.05, 0) is 61.8 Å². The van der Waals surface area contributed by atoms with E-state index in [1.807, 2.05) is 7.05 Å². The number of sulfone groups is 1. The van der Waals surface area contributed by atoms with E-state index in [1.54, 1.807) is 12.1 Å². The summed E-state index contributed by atoms with van der Waals surface area (Å²) >= 11 is 0. The molecular weight excluding hydrogens is 389 g/mol. The Morgan fingerprint density at radius 1 is 1.07 bits per heavy atom. The number of fused-ring (bicyclic) bond motifs is 3. The molecule has 2 atom stereocenters. The summed E-state index contributed by atoms with van der Waals surface area (Å²) in [5, 5.41) is 3.35. The molecule has 0 aromatic heterocycles. The van der Waals surface area contributed by atoms with Gasteiger partial charge in [-0.2, -0.15) is 13.2 Å². The maximum Gasteiger partial charge on any atom is 0.417 e. The summed E-state index contributed by atoms with van der Waals surface area (Å²) in [5.74, 6) is 0.169. The van der Waals surface area contributed by atoms with Crippen LogP contribution in [0.25, 0.3) is 0 Å². The molecule has 0 aliphatic carbocycles. The molecule has 8 heteroatoms. The monoisotopic (exact) mass is 410 g/mol. The Morgan fingerprint density at radius 2 is 1.79 bits per heavy atom. The number of rotatable bonds is 2. The fourth-order valence-corrected chi connectivity index (χ4v) is 5.93. The Kier molecular flexibility index (Phi) is 4.66. The van der Waals surface area contributed by atoms with Crippen molar-refractivity contribution >= 4 is 15.5 Å². The molecule has 1 fully saturated rings. The molecule has 2 aliphatic heterocycles. The van der Waals surface area contributed by atoms with Crippen LogP contribution >= 0.6 is 0 Å². The van der Waals surface area contributed by atoms with Crippen LogP contribution in [0.3, 0.4) is 0 Å². The van der Waals surface area contributed by atoms with E-state index in [-0.39, 0.29) is 16.9 Å². The molecule has 0 radical (unpaired) electrons. The van der Waals surface area contributed by atoms with Crippen molar-refractivity contribution in [3.8, 4) is 0 Å². The standard InChI is InChI=1S/C20H21F3N2O2S/c1-25-17-7-6-13(12-15(17)14-8-10-24-11-9-18(14)25)28(26,27)19-5-3-2-4-16(19)20(21,22)23/h2-7,12,14,18,24H,8-11H2,1H3/t14-,18?/m1/s1. The minimum absolute atomic E-state index is 0.0887. The van der Waals surface area contributed by atoms with Gasteiger partial charge in [-0.1, -0.05) is 12.1 Å². The van der Waals surface area contributed by atoms with Crippen LogP contribution in [-0.2, 0) is 16.0 Å². The van der Waals surface area contributed by atoms with E-state index in [0.29, 0.717) is 0 Å². The summed E-state index contributed by atoms with van der Waals surface area (Å²) in [4.78, 5) is 1.37. The third-order valence-corrected chi connectivity index (χ3v) is 7.59. The topological polar surface area (TPSA) is 49.4 Å². The molecule has 2 aromatic rings. The number of halogens is 3. The van der Waals surface area contributed by atoms with Crippen molar-refractivity contribution in [1.82, 2.24) is 5.32 Å². The first kappa shape index (κ1) is 19.3. The summed E-state index contributed by atoms with van der Waals surface area (Å²) in [6, 6.07) is 9.33. The average Bonchev–Trinajstić information content (AvgIpc) is 2.81. The molecule has 150 valence electrons. The van der Waals surface area contributed by atoms with Crippen LogP contribution in [0.1, 0.15) is 29.9 Å². The van der Waals surface area contributed by atoms with E-state index in [2.05, 4.69) is 10.2 Å². The second kappa shape index (κ2) is 6.77. The highest BCUT2D eigenvalue weighted by Gasteiger charge is 2.40. The fourth-order valence-electron chi connectivity index (χ4n) is 4.41. The van der Waals surface area contributed by atoms with E-state index in [9.17, 15) is 21.6 Å². The first-order valence-corrected chi connectivity index (χ1v) is 10.7. The van der Waals surface area contributed by atoms with E-state index in [0.717, 1.165) is 49.3 Å². The summed E-state index contributed by atoms with van der Waals surface area (Å²) in [7, 11) is -2.30. The lowest BCUT2D eigenvalue weighted by molar-refractivity contribution is -0.139. The summed E-state index contributed by atoms with van der Waals surface area (Å²) < 4.78 is 66.2. The number of hydrogen-bond acceptors (Lipinski definition) is 4. The number of nitrogens with zero attached hydrogens (tertiary/aromatic N) is 1. The normalized spacial score (nSPS) is 22.5. The Morgan fingerprint density at radius 3 is 2.54 bits per heavy atom. The quantitative estimate of drug-likeness (QED) is 0.818. The van der Waals surface area contributed by atoms with Crippen LogP contribution in [0.2, 0.25) is 0 Å². The van der Waals surface area contributed by atoms with Gasteiger partial charge >= 0.3 is 6.18 Å². The minimum atomic E-state index is -4.74. The number of likely N-dealkylation sites (N-methyl/N-ethyl adjacent to an activating group) is 1. The van der Waals surface area contributed by atoms with Gasteiger partial charge in [0.2, 0.25) is 9.84 Å². The summed E-state index contributed by atoms with van der Waals surface area (Å²) in [5.41, 5.74) is 0.728. The van der Waals surface area contributed by atoms with Crippen molar-refractivity contribution < 1.29 is 21.6 Å². The molecule has 0 spiro atoms. The Hall–Kier alpha value is -2.06. The van der Waals surface area contributed by atoms with Gasteiger partial charge in [0, 0.05) is 24.7 Å². The number of benzene rings is 2. The van der Waals surface area contributed by atoms with E-state index >= 15 is 0 Å². The number of alkyl halides is 3. The van der Waals surface area contributed by atoms with Gasteiger partial charge in [0.05, 0.1) is 15.4 Å². The number of anilines is 1. The summed E-state index contributed by atoms with van der Waals surface area (Å²) in [6.45, 7) is 1.73. The maximum absolute atomic E-state index is 13.4. The molecule has 0 amide bonds. The zero-order valence-electron chi connectivity index (χ0n) is 15.3. The zero-order valence-corrected chi connectivity index (χ0v) is 16.1. The largest absolute Gasteiger partial charge is 0.417 e. The second-order valence-corrected chi connectivity index (χ2v) is 9.25. The molecule has 1 unspecified atom stereocenters. The molecule has 4 rings (SSSR count). The zero-order chi connectivity index (χ0) is 20.1. The maximum atomic E-state index is 13.4. The molecule has 0 saturated carbocycles. The number of hydrogen-bond donors (Lipinski definition) is 1. The van der Waals surface area contributed by atoms with Crippen molar-refractivity contribution in [3.05, 3.63) is 53.6 Å². The molecule has 2 aliphatic rings. The highest BCUT2D eigenvalue weighted by molar-refractivity contribution is 7.91. The van der Waals surface area contributed by atoms with Gasteiger partial charge in [-0.25, -0.2) is 8.42 Å². The van der Waals surface area contributed by atoms with Crippen LogP contribution in [0.5, 0.6) is 0 Å². The lowest BCUT2D eigenvalue weighted by Crippen LogP contribution is -2.30. The van der Waals surface area contributed by atoms with Gasteiger partial charge in [0.25, 0.3) is 0 Å². The van der Waals surface area contributed by atoms with Gasteiger partial charge < -0.3 is 10.2 Å². The molecule has 2 aromatic carbocycles. The third-order valence-electron chi connectivity index (χ3n) is 5.78. The predicted octanol–water partition coefficient (Wildman–Crippen LogP) is 3.82. The third kappa shape index (κ3) is 3.08. The van der Waals surface area contributed by atoms with Crippen molar-refractivity contribution in [2.45, 2.75) is 40.8 Å². The molecule has 28 heavy (non-hydrogen) atoms. The molecule has 0 bridgehead atoms. The van der Waals surface area contributed by atoms with E-state index in [1.165, 1.54) is 18.2 Å². The highest BCUT2D eigenvalue weighted by atomic mass is 32.2. The van der Waals surface area contributed by atoms with Crippen LogP contribution < -0.4 is 10.2 Å². The minimum Gasteiger partial charge on any atom is -0.371 e. The molecule has 1 N–H and O–H groups in total. The fraction of sp³-hybridized carbons (Fsp3) is 0.400. The van der Waals surface area contributed by atoms with Crippen molar-refractivity contribution in [3.63, 3.8) is 0 Å². The van der Waals surface area contributed by atoms with Gasteiger partial charge in [0.15, 0.2) is 0 Å². The van der Waals surface area contributed by atoms with Crippen LogP contribution in [-0.4, -0.2) is 34.6 Å². The molecule has 1 saturated heterocycles. The Labute approximate surface area is 162 Å². The average molecular weight is 410 g/mol. The lowest BCUT2D eigenvalue weighted by Gasteiger charge is -2.24. The van der Waals surface area contributed by atoms with Gasteiger partial charge in [-0.15, -0.1) is 0 Å². The van der Waals surface area contributed by atoms with E-state index < -0.39 is 26.5 Å². The Bertz CT molecular complexity index is 1000. The van der Waals surface area contributed by atoms with Gasteiger partial charge in [0.1, 0.15) is 0 Å². The van der Waals surface area contributed by atoms with Gasteiger partial charge in [-0.3, -0.25) is 0 Å². The van der Waals surface area contributed by atoms with E-state index in [4.69, 9.17) is 0 Å². The number of nitrogens with one attached hydrogen (secondary N) is 1. The smallest absolute Gasteiger partial charge is 0.371 e. The van der Waals surface area contributed by atoms with Crippen molar-refractivity contribution in [1.29, 1.82) is 0 Å². The lowest BCUT2D eigenvalue weighted by atomic mass is 9.91. The highest BCUT2D eigenvalue weighted by Crippen LogP contribution is 2.45. The van der Waals surface area contributed by atoms with Crippen LogP contribution in [0.4, 0.5) is 18.9 Å². The predicted molar refractivity (Wildman–Crippen MR) is 100 cm³/mol. The Balaban J connectivity index is 1.81. The van der Waals surface area contributed by atoms with Crippen LogP contribution in [0, 0.1) is 0 Å². The van der Waals surface area contributed by atoms with Crippen molar-refractivity contribution in [2.75, 3.05) is 25.0 Å². The molecule has 4 nitrogen and oxygen atoms in total. The first-order valence-electron chi connectivity index (χ1n) is 9.20. The summed E-state index contributed by atoms with van der Waals surface area (Å²) in [6.07, 6.45) is -2.93. The van der Waals surface area contributed by atoms with Crippen LogP contribution in [0.15, 0.2) is 52.3 Å². The molecular formula is C20H21F3N2O2S. The second-order valence-electron chi connectivity index (χ2n) is 7.33.